The van der Waals surface area contributed by atoms with Crippen molar-refractivity contribution in [3.8, 4) is 0 Å². The third-order valence-electron chi connectivity index (χ3n) is 3.99. The molecule has 5 nitrogen and oxygen atoms in total. The summed E-state index contributed by atoms with van der Waals surface area (Å²) in [5.74, 6) is 0.628. The zero-order chi connectivity index (χ0) is 15.2. The highest BCUT2D eigenvalue weighted by Gasteiger charge is 2.20. The van der Waals surface area contributed by atoms with Crippen molar-refractivity contribution in [2.24, 2.45) is 16.8 Å². The van der Waals surface area contributed by atoms with Crippen molar-refractivity contribution in [2.75, 3.05) is 19.7 Å². The molecule has 1 atom stereocenters. The van der Waals surface area contributed by atoms with Gasteiger partial charge in [0.05, 0.1) is 0 Å². The van der Waals surface area contributed by atoms with E-state index in [1.165, 1.54) is 6.42 Å². The van der Waals surface area contributed by atoms with Crippen LogP contribution in [0.1, 0.15) is 30.4 Å². The largest absolute Gasteiger partial charge is 0.409 e. The van der Waals surface area contributed by atoms with Crippen LogP contribution in [0, 0.1) is 5.92 Å². The van der Waals surface area contributed by atoms with Crippen LogP contribution in [-0.2, 0) is 6.54 Å². The van der Waals surface area contributed by atoms with Gasteiger partial charge < -0.3 is 16.0 Å². The number of rotatable bonds is 5. The van der Waals surface area contributed by atoms with Gasteiger partial charge in [0.2, 0.25) is 0 Å². The molecule has 0 saturated carbocycles. The summed E-state index contributed by atoms with van der Waals surface area (Å²) in [5.41, 5.74) is 7.21. The second-order valence-corrected chi connectivity index (χ2v) is 5.95. The number of amidine groups is 1. The van der Waals surface area contributed by atoms with Crippen molar-refractivity contribution in [3.63, 3.8) is 0 Å². The minimum Gasteiger partial charge on any atom is -0.409 e. The molecule has 0 amide bonds. The molecule has 1 saturated heterocycles. The summed E-state index contributed by atoms with van der Waals surface area (Å²) in [6.07, 6.45) is 3.21. The normalized spacial score (nSPS) is 20.7. The van der Waals surface area contributed by atoms with Gasteiger partial charge >= 0.3 is 0 Å². The van der Waals surface area contributed by atoms with Gasteiger partial charge in [0.1, 0.15) is 0 Å². The van der Waals surface area contributed by atoms with Crippen molar-refractivity contribution in [2.45, 2.75) is 25.8 Å². The third kappa shape index (κ3) is 4.33. The number of benzene rings is 1. The molecule has 21 heavy (non-hydrogen) atoms. The summed E-state index contributed by atoms with van der Waals surface area (Å²) in [6, 6.07) is 5.46. The molecule has 0 spiro atoms. The number of nitrogens with zero attached hydrogens (tertiary/aromatic N) is 2. The maximum Gasteiger partial charge on any atom is 0.170 e. The van der Waals surface area contributed by atoms with Gasteiger partial charge in [-0.3, -0.25) is 4.90 Å². The molecule has 0 aromatic heterocycles. The maximum absolute atomic E-state index is 9.06. The fourth-order valence-corrected chi connectivity index (χ4v) is 3.09. The van der Waals surface area contributed by atoms with E-state index < -0.39 is 0 Å². The summed E-state index contributed by atoms with van der Waals surface area (Å²) in [7, 11) is 0. The number of hydrogen-bond donors (Lipinski definition) is 3. The Morgan fingerprint density at radius 1 is 1.48 bits per heavy atom. The van der Waals surface area contributed by atoms with Gasteiger partial charge in [-0.05, 0) is 43.4 Å². The van der Waals surface area contributed by atoms with Crippen molar-refractivity contribution >= 4 is 17.4 Å². The SMILES string of the molecule is N/C(=N/O)c1ccc(CN2CCCC(CCO)C2)c(Cl)c1. The monoisotopic (exact) mass is 311 g/mol. The van der Waals surface area contributed by atoms with Crippen LogP contribution >= 0.6 is 11.6 Å². The minimum atomic E-state index is 0.0597. The Hall–Kier alpha value is -1.30. The lowest BCUT2D eigenvalue weighted by molar-refractivity contribution is 0.142. The second-order valence-electron chi connectivity index (χ2n) is 5.55. The molecule has 6 heteroatoms. The Bertz CT molecular complexity index is 506. The molecule has 1 aliphatic rings. The van der Waals surface area contributed by atoms with Gasteiger partial charge in [0.25, 0.3) is 0 Å². The first-order valence-electron chi connectivity index (χ1n) is 7.23. The molecule has 0 radical (unpaired) electrons. The Kier molecular flexibility index (Phi) is 5.85. The molecule has 1 heterocycles. The smallest absolute Gasteiger partial charge is 0.170 e. The zero-order valence-electron chi connectivity index (χ0n) is 12.0. The lowest BCUT2D eigenvalue weighted by atomic mass is 9.95. The number of halogens is 1. The molecule has 2 rings (SSSR count). The predicted molar refractivity (Wildman–Crippen MR) is 83.7 cm³/mol. The Morgan fingerprint density at radius 2 is 2.29 bits per heavy atom. The predicted octanol–water partition coefficient (Wildman–Crippen LogP) is 2.03. The van der Waals surface area contributed by atoms with Crippen LogP contribution in [0.3, 0.4) is 0 Å². The van der Waals surface area contributed by atoms with Crippen LogP contribution in [-0.4, -0.2) is 40.7 Å². The van der Waals surface area contributed by atoms with E-state index in [0.717, 1.165) is 38.0 Å². The topological polar surface area (TPSA) is 82.1 Å². The van der Waals surface area contributed by atoms with Crippen LogP contribution in [0.5, 0.6) is 0 Å². The van der Waals surface area contributed by atoms with E-state index in [4.69, 9.17) is 27.6 Å². The number of piperidine rings is 1. The number of oxime groups is 1. The van der Waals surface area contributed by atoms with E-state index in [9.17, 15) is 0 Å². The van der Waals surface area contributed by atoms with Crippen LogP contribution < -0.4 is 5.73 Å². The van der Waals surface area contributed by atoms with Crippen molar-refractivity contribution in [1.29, 1.82) is 0 Å². The highest BCUT2D eigenvalue weighted by molar-refractivity contribution is 6.31. The molecule has 1 aromatic carbocycles. The van der Waals surface area contributed by atoms with Gasteiger partial charge in [-0.25, -0.2) is 0 Å². The van der Waals surface area contributed by atoms with Gasteiger partial charge in [-0.2, -0.15) is 0 Å². The van der Waals surface area contributed by atoms with Crippen LogP contribution in [0.4, 0.5) is 0 Å². The highest BCUT2D eigenvalue weighted by Crippen LogP contribution is 2.24. The first-order valence-corrected chi connectivity index (χ1v) is 7.61. The quantitative estimate of drug-likeness (QED) is 0.336. The standard InChI is InChI=1S/C15H22ClN3O2/c16-14-8-12(15(17)18-21)3-4-13(14)10-19-6-1-2-11(9-19)5-7-20/h3-4,8,11,20-21H,1-2,5-7,9-10H2,(H2,17,18). The third-order valence-corrected chi connectivity index (χ3v) is 4.34. The van der Waals surface area contributed by atoms with E-state index in [0.29, 0.717) is 16.5 Å². The minimum absolute atomic E-state index is 0.0597. The Balaban J connectivity index is 2.02. The molecule has 4 N–H and O–H groups in total. The van der Waals surface area contributed by atoms with E-state index in [-0.39, 0.29) is 12.4 Å². The van der Waals surface area contributed by atoms with Gasteiger partial charge in [0, 0.05) is 30.3 Å². The lowest BCUT2D eigenvalue weighted by Crippen LogP contribution is -2.35. The molecule has 0 aliphatic carbocycles. The number of aliphatic hydroxyl groups excluding tert-OH is 1. The summed E-state index contributed by atoms with van der Waals surface area (Å²) in [4.78, 5) is 2.37. The molecular weight excluding hydrogens is 290 g/mol. The lowest BCUT2D eigenvalue weighted by Gasteiger charge is -2.32. The summed E-state index contributed by atoms with van der Waals surface area (Å²) >= 11 is 6.29. The average molecular weight is 312 g/mol. The number of likely N-dealkylation sites (tertiary alicyclic amines) is 1. The molecule has 1 unspecified atom stereocenters. The van der Waals surface area contributed by atoms with E-state index >= 15 is 0 Å². The number of nitrogens with two attached hydrogens (primary N) is 1. The zero-order valence-corrected chi connectivity index (χ0v) is 12.8. The number of aliphatic hydroxyl groups is 1. The van der Waals surface area contributed by atoms with Crippen LogP contribution in [0.15, 0.2) is 23.4 Å². The fraction of sp³-hybridized carbons (Fsp3) is 0.533. The summed E-state index contributed by atoms with van der Waals surface area (Å²) in [5, 5.41) is 21.3. The first-order chi connectivity index (χ1) is 10.1. The van der Waals surface area contributed by atoms with Gasteiger partial charge in [-0.15, -0.1) is 0 Å². The van der Waals surface area contributed by atoms with E-state index in [1.54, 1.807) is 6.07 Å². The van der Waals surface area contributed by atoms with Gasteiger partial charge in [-0.1, -0.05) is 28.9 Å². The Labute approximate surface area is 130 Å². The van der Waals surface area contributed by atoms with E-state index in [1.807, 2.05) is 12.1 Å². The van der Waals surface area contributed by atoms with Crippen LogP contribution in [0.2, 0.25) is 5.02 Å². The average Bonchev–Trinajstić information content (AvgIpc) is 2.49. The first kappa shape index (κ1) is 16.1. The van der Waals surface area contributed by atoms with Crippen molar-refractivity contribution in [1.82, 2.24) is 4.90 Å². The van der Waals surface area contributed by atoms with E-state index in [2.05, 4.69) is 10.1 Å². The molecule has 0 bridgehead atoms. The van der Waals surface area contributed by atoms with Crippen LogP contribution in [0.25, 0.3) is 0 Å². The molecule has 1 fully saturated rings. The van der Waals surface area contributed by atoms with Gasteiger partial charge in [0.15, 0.2) is 5.84 Å². The van der Waals surface area contributed by atoms with Crippen molar-refractivity contribution < 1.29 is 10.3 Å². The highest BCUT2D eigenvalue weighted by atomic mass is 35.5. The number of hydrogen-bond acceptors (Lipinski definition) is 4. The Morgan fingerprint density at radius 3 is 2.95 bits per heavy atom. The maximum atomic E-state index is 9.06. The molecule has 1 aliphatic heterocycles. The second kappa shape index (κ2) is 7.64. The fourth-order valence-electron chi connectivity index (χ4n) is 2.85. The molecular formula is C15H22ClN3O2. The summed E-state index contributed by atoms with van der Waals surface area (Å²) < 4.78 is 0. The molecule has 1 aromatic rings. The van der Waals surface area contributed by atoms with Crippen molar-refractivity contribution in [3.05, 3.63) is 34.3 Å². The summed E-state index contributed by atoms with van der Waals surface area (Å²) in [6.45, 7) is 3.10. The molecule has 116 valence electrons.